The molecule has 14 heavy (non-hydrogen) atoms. The Morgan fingerprint density at radius 1 is 1.36 bits per heavy atom. The Kier molecular flexibility index (Phi) is 3.88. The van der Waals surface area contributed by atoms with Crippen LogP contribution in [0.5, 0.6) is 0 Å². The first-order valence-electron chi connectivity index (χ1n) is 4.54. The lowest BCUT2D eigenvalue weighted by molar-refractivity contribution is -0.186. The standard InChI is InChI=1S/C9H14O5/c1-6(10)13-9(14-7(2)11)4-3-8-5-12-8/h8-9H,3-5H2,1-2H3/t8-/m1/s1. The highest BCUT2D eigenvalue weighted by Gasteiger charge is 2.25. The molecular weight excluding hydrogens is 188 g/mol. The summed E-state index contributed by atoms with van der Waals surface area (Å²) in [6, 6.07) is 0. The van der Waals surface area contributed by atoms with E-state index in [1.54, 1.807) is 0 Å². The molecule has 0 spiro atoms. The smallest absolute Gasteiger partial charge is 0.305 e. The van der Waals surface area contributed by atoms with Gasteiger partial charge in [-0.3, -0.25) is 9.59 Å². The van der Waals surface area contributed by atoms with E-state index in [0.717, 1.165) is 13.0 Å². The van der Waals surface area contributed by atoms with Crippen LogP contribution >= 0.6 is 0 Å². The fraction of sp³-hybridized carbons (Fsp3) is 0.778. The normalized spacial score (nSPS) is 19.2. The number of ether oxygens (including phenoxy) is 3. The Morgan fingerprint density at radius 2 is 1.86 bits per heavy atom. The molecule has 0 unspecified atom stereocenters. The van der Waals surface area contributed by atoms with Crippen LogP contribution in [-0.4, -0.2) is 30.9 Å². The summed E-state index contributed by atoms with van der Waals surface area (Å²) in [5.41, 5.74) is 0. The average Bonchev–Trinajstić information content (AvgIpc) is 2.80. The van der Waals surface area contributed by atoms with Crippen molar-refractivity contribution in [1.29, 1.82) is 0 Å². The third kappa shape index (κ3) is 4.81. The minimum atomic E-state index is -0.769. The molecule has 1 heterocycles. The van der Waals surface area contributed by atoms with Gasteiger partial charge in [0, 0.05) is 20.3 Å². The average molecular weight is 202 g/mol. The second-order valence-electron chi connectivity index (χ2n) is 3.18. The van der Waals surface area contributed by atoms with Gasteiger partial charge in [-0.05, 0) is 6.42 Å². The van der Waals surface area contributed by atoms with Gasteiger partial charge in [-0.25, -0.2) is 0 Å². The van der Waals surface area contributed by atoms with E-state index >= 15 is 0 Å². The fourth-order valence-electron chi connectivity index (χ4n) is 1.07. The maximum atomic E-state index is 10.7. The number of esters is 2. The Morgan fingerprint density at radius 3 is 2.21 bits per heavy atom. The quantitative estimate of drug-likeness (QED) is 0.371. The van der Waals surface area contributed by atoms with Gasteiger partial charge in [0.05, 0.1) is 12.7 Å². The predicted octanol–water partition coefficient (Wildman–Crippen LogP) is 0.618. The summed E-state index contributed by atoms with van der Waals surface area (Å²) < 4.78 is 14.6. The molecule has 0 bridgehead atoms. The van der Waals surface area contributed by atoms with Crippen LogP contribution in [0, 0.1) is 0 Å². The number of carbonyl (C=O) groups excluding carboxylic acids is 2. The number of hydrogen-bond acceptors (Lipinski definition) is 5. The molecular formula is C9H14O5. The molecule has 0 aliphatic carbocycles. The molecule has 0 aromatic carbocycles. The maximum Gasteiger partial charge on any atom is 0.305 e. The molecule has 1 rings (SSSR count). The van der Waals surface area contributed by atoms with Gasteiger partial charge in [0.2, 0.25) is 6.29 Å². The highest BCUT2D eigenvalue weighted by atomic mass is 16.7. The van der Waals surface area contributed by atoms with Crippen molar-refractivity contribution in [3.8, 4) is 0 Å². The molecule has 1 atom stereocenters. The number of carbonyl (C=O) groups is 2. The summed E-state index contributed by atoms with van der Waals surface area (Å²) >= 11 is 0. The van der Waals surface area contributed by atoms with E-state index in [9.17, 15) is 9.59 Å². The van der Waals surface area contributed by atoms with Crippen LogP contribution in [0.25, 0.3) is 0 Å². The van der Waals surface area contributed by atoms with Crippen LogP contribution in [0.2, 0.25) is 0 Å². The van der Waals surface area contributed by atoms with E-state index in [-0.39, 0.29) is 6.10 Å². The van der Waals surface area contributed by atoms with Crippen molar-refractivity contribution in [2.45, 2.75) is 39.1 Å². The van der Waals surface area contributed by atoms with Crippen molar-refractivity contribution in [3.05, 3.63) is 0 Å². The van der Waals surface area contributed by atoms with Gasteiger partial charge in [-0.2, -0.15) is 0 Å². The van der Waals surface area contributed by atoms with Gasteiger partial charge in [-0.1, -0.05) is 0 Å². The van der Waals surface area contributed by atoms with E-state index in [1.807, 2.05) is 0 Å². The highest BCUT2D eigenvalue weighted by molar-refractivity contribution is 5.68. The zero-order valence-electron chi connectivity index (χ0n) is 8.32. The lowest BCUT2D eigenvalue weighted by Gasteiger charge is -2.15. The zero-order valence-corrected chi connectivity index (χ0v) is 8.32. The highest BCUT2D eigenvalue weighted by Crippen LogP contribution is 2.18. The lowest BCUT2D eigenvalue weighted by Crippen LogP contribution is -2.22. The third-order valence-corrected chi connectivity index (χ3v) is 1.72. The summed E-state index contributed by atoms with van der Waals surface area (Å²) in [6.07, 6.45) is 0.701. The SMILES string of the molecule is CC(=O)OC(CC[C@@H]1CO1)OC(C)=O. The first-order valence-corrected chi connectivity index (χ1v) is 4.54. The van der Waals surface area contributed by atoms with Crippen LogP contribution in [0.4, 0.5) is 0 Å². The molecule has 1 fully saturated rings. The van der Waals surface area contributed by atoms with Crippen LogP contribution in [0.3, 0.4) is 0 Å². The molecule has 5 heteroatoms. The maximum absolute atomic E-state index is 10.7. The summed E-state index contributed by atoms with van der Waals surface area (Å²) in [6.45, 7) is 3.31. The van der Waals surface area contributed by atoms with E-state index < -0.39 is 18.2 Å². The Balaban J connectivity index is 2.25. The molecule has 0 amide bonds. The van der Waals surface area contributed by atoms with Crippen molar-refractivity contribution in [3.63, 3.8) is 0 Å². The van der Waals surface area contributed by atoms with Crippen molar-refractivity contribution < 1.29 is 23.8 Å². The Labute approximate surface area is 82.3 Å². The minimum absolute atomic E-state index is 0.239. The number of epoxide rings is 1. The Bertz CT molecular complexity index is 205. The number of rotatable bonds is 5. The first-order chi connectivity index (χ1) is 6.58. The van der Waals surface area contributed by atoms with Crippen molar-refractivity contribution in [1.82, 2.24) is 0 Å². The molecule has 1 saturated heterocycles. The van der Waals surface area contributed by atoms with Crippen LogP contribution in [0.1, 0.15) is 26.7 Å². The molecule has 1 aliphatic heterocycles. The molecule has 0 radical (unpaired) electrons. The molecule has 1 aliphatic rings. The third-order valence-electron chi connectivity index (χ3n) is 1.72. The number of hydrogen-bond donors (Lipinski definition) is 0. The predicted molar refractivity (Wildman–Crippen MR) is 46.3 cm³/mol. The molecule has 0 aromatic rings. The first kappa shape index (κ1) is 11.0. The molecule has 80 valence electrons. The zero-order chi connectivity index (χ0) is 10.6. The monoisotopic (exact) mass is 202 g/mol. The van der Waals surface area contributed by atoms with Gasteiger partial charge in [0.15, 0.2) is 0 Å². The van der Waals surface area contributed by atoms with Gasteiger partial charge in [0.1, 0.15) is 0 Å². The summed E-state index contributed by atoms with van der Waals surface area (Å²) in [4.78, 5) is 21.3. The largest absolute Gasteiger partial charge is 0.425 e. The summed E-state index contributed by atoms with van der Waals surface area (Å²) in [7, 11) is 0. The molecule has 0 saturated carbocycles. The topological polar surface area (TPSA) is 65.1 Å². The molecule has 5 nitrogen and oxygen atoms in total. The summed E-state index contributed by atoms with van der Waals surface area (Å²) in [5, 5.41) is 0. The van der Waals surface area contributed by atoms with Gasteiger partial charge < -0.3 is 14.2 Å². The van der Waals surface area contributed by atoms with Crippen molar-refractivity contribution in [2.75, 3.05) is 6.61 Å². The van der Waals surface area contributed by atoms with Crippen molar-refractivity contribution in [2.24, 2.45) is 0 Å². The van der Waals surface area contributed by atoms with E-state index in [1.165, 1.54) is 13.8 Å². The molecule has 0 aromatic heterocycles. The van der Waals surface area contributed by atoms with Gasteiger partial charge >= 0.3 is 11.9 Å². The van der Waals surface area contributed by atoms with Crippen LogP contribution < -0.4 is 0 Å². The second kappa shape index (κ2) is 4.95. The van der Waals surface area contributed by atoms with Gasteiger partial charge in [0.25, 0.3) is 0 Å². The van der Waals surface area contributed by atoms with Crippen LogP contribution in [-0.2, 0) is 23.8 Å². The van der Waals surface area contributed by atoms with Crippen molar-refractivity contribution >= 4 is 11.9 Å². The second-order valence-corrected chi connectivity index (χ2v) is 3.18. The Hall–Kier alpha value is -1.10. The van der Waals surface area contributed by atoms with E-state index in [2.05, 4.69) is 0 Å². The summed E-state index contributed by atoms with van der Waals surface area (Å²) in [5.74, 6) is -0.902. The van der Waals surface area contributed by atoms with E-state index in [4.69, 9.17) is 14.2 Å². The lowest BCUT2D eigenvalue weighted by atomic mass is 10.2. The minimum Gasteiger partial charge on any atom is -0.425 e. The van der Waals surface area contributed by atoms with E-state index in [0.29, 0.717) is 6.42 Å². The van der Waals surface area contributed by atoms with Crippen LogP contribution in [0.15, 0.2) is 0 Å². The molecule has 0 N–H and O–H groups in total. The fourth-order valence-corrected chi connectivity index (χ4v) is 1.07. The van der Waals surface area contributed by atoms with Gasteiger partial charge in [-0.15, -0.1) is 0 Å².